The lowest BCUT2D eigenvalue weighted by atomic mass is 9.98. The Morgan fingerprint density at radius 3 is 2.36 bits per heavy atom. The first-order chi connectivity index (χ1) is 10.1. The average molecular weight is 344 g/mol. The first kappa shape index (κ1) is 18.9. The Hall–Kier alpha value is -1.13. The predicted molar refractivity (Wildman–Crippen MR) is 88.4 cm³/mol. The zero-order chi connectivity index (χ0) is 15.3. The molecule has 0 aromatic heterocycles. The SMILES string of the molecule is CCNCC1CCN(S(=O)(=O)c2ccc(C#N)cc2)CC1.Cl. The molecule has 2 rings (SSSR count). The molecule has 7 heteroatoms. The van der Waals surface area contributed by atoms with Crippen molar-refractivity contribution in [2.24, 2.45) is 5.92 Å². The van der Waals surface area contributed by atoms with Gasteiger partial charge >= 0.3 is 0 Å². The summed E-state index contributed by atoms with van der Waals surface area (Å²) in [7, 11) is -3.43. The Balaban J connectivity index is 0.00000242. The normalized spacial score (nSPS) is 16.7. The van der Waals surface area contributed by atoms with E-state index in [2.05, 4.69) is 12.2 Å². The highest BCUT2D eigenvalue weighted by Gasteiger charge is 2.29. The molecule has 5 nitrogen and oxygen atoms in total. The fourth-order valence-corrected chi connectivity index (χ4v) is 4.02. The van der Waals surface area contributed by atoms with E-state index in [0.717, 1.165) is 25.9 Å². The van der Waals surface area contributed by atoms with Gasteiger partial charge in [-0.05, 0) is 56.1 Å². The van der Waals surface area contributed by atoms with Gasteiger partial charge in [0.25, 0.3) is 0 Å². The molecule has 0 saturated carbocycles. The summed E-state index contributed by atoms with van der Waals surface area (Å²) in [5.74, 6) is 0.553. The number of nitrogens with one attached hydrogen (secondary N) is 1. The van der Waals surface area contributed by atoms with Gasteiger partial charge in [0.1, 0.15) is 0 Å². The highest BCUT2D eigenvalue weighted by Crippen LogP contribution is 2.23. The molecule has 122 valence electrons. The van der Waals surface area contributed by atoms with Crippen LogP contribution in [0.25, 0.3) is 0 Å². The molecular weight excluding hydrogens is 322 g/mol. The zero-order valence-electron chi connectivity index (χ0n) is 12.7. The van der Waals surface area contributed by atoms with Crippen LogP contribution in [0.15, 0.2) is 29.2 Å². The lowest BCUT2D eigenvalue weighted by Crippen LogP contribution is -2.40. The third-order valence-corrected chi connectivity index (χ3v) is 5.79. The van der Waals surface area contributed by atoms with Gasteiger partial charge in [0, 0.05) is 13.1 Å². The maximum atomic E-state index is 12.5. The lowest BCUT2D eigenvalue weighted by molar-refractivity contribution is 0.268. The van der Waals surface area contributed by atoms with Crippen LogP contribution in [0.2, 0.25) is 0 Å². The third-order valence-electron chi connectivity index (χ3n) is 3.88. The Labute approximate surface area is 138 Å². The molecule has 1 aromatic rings. The van der Waals surface area contributed by atoms with Gasteiger partial charge in [-0.25, -0.2) is 8.42 Å². The quantitative estimate of drug-likeness (QED) is 0.887. The van der Waals surface area contributed by atoms with Gasteiger partial charge < -0.3 is 5.32 Å². The van der Waals surface area contributed by atoms with Crippen LogP contribution in [0, 0.1) is 17.2 Å². The second-order valence-electron chi connectivity index (χ2n) is 5.29. The van der Waals surface area contributed by atoms with Crippen LogP contribution in [0.4, 0.5) is 0 Å². The number of nitriles is 1. The highest BCUT2D eigenvalue weighted by molar-refractivity contribution is 7.89. The zero-order valence-corrected chi connectivity index (χ0v) is 14.3. The number of benzene rings is 1. The van der Waals surface area contributed by atoms with E-state index in [9.17, 15) is 8.42 Å². The van der Waals surface area contributed by atoms with Crippen molar-refractivity contribution in [1.29, 1.82) is 5.26 Å². The molecule has 0 radical (unpaired) electrons. The van der Waals surface area contributed by atoms with Crippen LogP contribution in [0.5, 0.6) is 0 Å². The summed E-state index contributed by atoms with van der Waals surface area (Å²) in [6.07, 6.45) is 1.78. The van der Waals surface area contributed by atoms with Gasteiger partial charge in [-0.3, -0.25) is 0 Å². The topological polar surface area (TPSA) is 73.2 Å². The maximum Gasteiger partial charge on any atom is 0.243 e. The summed E-state index contributed by atoms with van der Waals surface area (Å²) < 4.78 is 26.6. The second kappa shape index (κ2) is 8.49. The summed E-state index contributed by atoms with van der Waals surface area (Å²) >= 11 is 0. The molecule has 0 aliphatic carbocycles. The molecular formula is C15H22ClN3O2S. The summed E-state index contributed by atoms with van der Waals surface area (Å²) in [6.45, 7) is 5.12. The number of rotatable bonds is 5. The van der Waals surface area contributed by atoms with Gasteiger partial charge in [-0.15, -0.1) is 12.4 Å². The number of sulfonamides is 1. The van der Waals surface area contributed by atoms with Crippen LogP contribution in [-0.4, -0.2) is 38.9 Å². The van der Waals surface area contributed by atoms with E-state index in [1.807, 2.05) is 6.07 Å². The van der Waals surface area contributed by atoms with Crippen LogP contribution in [0.1, 0.15) is 25.3 Å². The van der Waals surface area contributed by atoms with Crippen molar-refractivity contribution in [3.63, 3.8) is 0 Å². The molecule has 1 fully saturated rings. The maximum absolute atomic E-state index is 12.5. The molecule has 0 bridgehead atoms. The monoisotopic (exact) mass is 343 g/mol. The van der Waals surface area contributed by atoms with E-state index in [4.69, 9.17) is 5.26 Å². The van der Waals surface area contributed by atoms with E-state index in [-0.39, 0.29) is 17.3 Å². The molecule has 1 heterocycles. The molecule has 1 N–H and O–H groups in total. The van der Waals surface area contributed by atoms with Gasteiger partial charge in [-0.2, -0.15) is 9.57 Å². The minimum Gasteiger partial charge on any atom is -0.317 e. The summed E-state index contributed by atoms with van der Waals surface area (Å²) in [5, 5.41) is 12.1. The standard InChI is InChI=1S/C15H21N3O2S.ClH/c1-2-17-12-14-7-9-18(10-8-14)21(19,20)15-5-3-13(11-16)4-6-15;/h3-6,14,17H,2,7-10,12H2,1H3;1H. The van der Waals surface area contributed by atoms with Crippen LogP contribution in [0.3, 0.4) is 0 Å². The summed E-state index contributed by atoms with van der Waals surface area (Å²) in [4.78, 5) is 0.270. The van der Waals surface area contributed by atoms with E-state index < -0.39 is 10.0 Å². The van der Waals surface area contributed by atoms with Gasteiger partial charge in [0.2, 0.25) is 10.0 Å². The van der Waals surface area contributed by atoms with E-state index in [1.165, 1.54) is 12.1 Å². The summed E-state index contributed by atoms with van der Waals surface area (Å²) in [5.41, 5.74) is 0.471. The Bertz CT molecular complexity index is 603. The van der Waals surface area contributed by atoms with Crippen LogP contribution >= 0.6 is 12.4 Å². The number of hydrogen-bond donors (Lipinski definition) is 1. The third kappa shape index (κ3) is 4.43. The van der Waals surface area contributed by atoms with Crippen molar-refractivity contribution in [2.75, 3.05) is 26.2 Å². The molecule has 1 saturated heterocycles. The summed E-state index contributed by atoms with van der Waals surface area (Å²) in [6, 6.07) is 8.11. The number of halogens is 1. The second-order valence-corrected chi connectivity index (χ2v) is 7.23. The van der Waals surface area contributed by atoms with E-state index in [1.54, 1.807) is 16.4 Å². The first-order valence-corrected chi connectivity index (χ1v) is 8.73. The smallest absolute Gasteiger partial charge is 0.243 e. The highest BCUT2D eigenvalue weighted by atomic mass is 35.5. The first-order valence-electron chi connectivity index (χ1n) is 7.29. The van der Waals surface area contributed by atoms with Crippen molar-refractivity contribution < 1.29 is 8.42 Å². The van der Waals surface area contributed by atoms with Crippen molar-refractivity contribution >= 4 is 22.4 Å². The Morgan fingerprint density at radius 1 is 1.27 bits per heavy atom. The minimum atomic E-state index is -3.43. The molecule has 1 aromatic carbocycles. The van der Waals surface area contributed by atoms with E-state index in [0.29, 0.717) is 24.6 Å². The molecule has 1 aliphatic heterocycles. The molecule has 1 aliphatic rings. The van der Waals surface area contributed by atoms with Gasteiger partial charge in [0.15, 0.2) is 0 Å². The molecule has 0 amide bonds. The van der Waals surface area contributed by atoms with Gasteiger partial charge in [-0.1, -0.05) is 6.92 Å². The average Bonchev–Trinajstić information content (AvgIpc) is 2.53. The predicted octanol–water partition coefficient (Wildman–Crippen LogP) is 1.99. The molecule has 0 atom stereocenters. The molecule has 22 heavy (non-hydrogen) atoms. The largest absolute Gasteiger partial charge is 0.317 e. The van der Waals surface area contributed by atoms with E-state index >= 15 is 0 Å². The fraction of sp³-hybridized carbons (Fsp3) is 0.533. The Kier molecular flexibility index (Phi) is 7.30. The van der Waals surface area contributed by atoms with Crippen LogP contribution in [-0.2, 0) is 10.0 Å². The number of piperidine rings is 1. The van der Waals surface area contributed by atoms with Crippen LogP contribution < -0.4 is 5.32 Å². The van der Waals surface area contributed by atoms with Crippen molar-refractivity contribution in [1.82, 2.24) is 9.62 Å². The lowest BCUT2D eigenvalue weighted by Gasteiger charge is -2.31. The molecule has 0 spiro atoms. The van der Waals surface area contributed by atoms with Gasteiger partial charge in [0.05, 0.1) is 16.5 Å². The minimum absolute atomic E-state index is 0. The number of nitrogens with zero attached hydrogens (tertiary/aromatic N) is 2. The number of hydrogen-bond acceptors (Lipinski definition) is 4. The molecule has 0 unspecified atom stereocenters. The van der Waals surface area contributed by atoms with Crippen molar-refractivity contribution in [3.8, 4) is 6.07 Å². The fourth-order valence-electron chi connectivity index (χ4n) is 2.55. The Morgan fingerprint density at radius 2 is 1.86 bits per heavy atom. The van der Waals surface area contributed by atoms with Crippen molar-refractivity contribution in [2.45, 2.75) is 24.7 Å². The van der Waals surface area contributed by atoms with Crippen molar-refractivity contribution in [3.05, 3.63) is 29.8 Å².